The van der Waals surface area contributed by atoms with E-state index in [9.17, 15) is 4.79 Å². The molecule has 18 heavy (non-hydrogen) atoms. The molecule has 2 heterocycles. The molecule has 2 fully saturated rings. The van der Waals surface area contributed by atoms with Crippen LogP contribution in [0.4, 0.5) is 0 Å². The molecule has 1 amide bonds. The fourth-order valence-electron chi connectivity index (χ4n) is 2.99. The van der Waals surface area contributed by atoms with Gasteiger partial charge in [0.25, 0.3) is 0 Å². The molecule has 4 heteroatoms. The lowest BCUT2D eigenvalue weighted by Crippen LogP contribution is -2.51. The molecule has 2 saturated heterocycles. The lowest BCUT2D eigenvalue weighted by atomic mass is 9.96. The Kier molecular flexibility index (Phi) is 5.45. The van der Waals surface area contributed by atoms with Crippen LogP contribution in [0.2, 0.25) is 0 Å². The van der Waals surface area contributed by atoms with Crippen molar-refractivity contribution in [1.82, 2.24) is 10.2 Å². The van der Waals surface area contributed by atoms with Crippen LogP contribution in [0.1, 0.15) is 39.0 Å². The molecule has 0 bridgehead atoms. The van der Waals surface area contributed by atoms with Crippen molar-refractivity contribution in [3.8, 4) is 0 Å². The maximum Gasteiger partial charge on any atom is 0.226 e. The van der Waals surface area contributed by atoms with Crippen molar-refractivity contribution in [3.05, 3.63) is 0 Å². The molecular formula is C14H26N2O2. The van der Waals surface area contributed by atoms with E-state index < -0.39 is 0 Å². The van der Waals surface area contributed by atoms with E-state index in [1.165, 1.54) is 6.42 Å². The predicted molar refractivity (Wildman–Crippen MR) is 71.4 cm³/mol. The molecular weight excluding hydrogens is 228 g/mol. The summed E-state index contributed by atoms with van der Waals surface area (Å²) in [5.74, 6) is 0.570. The van der Waals surface area contributed by atoms with Gasteiger partial charge in [-0.1, -0.05) is 6.92 Å². The van der Waals surface area contributed by atoms with E-state index in [0.29, 0.717) is 11.9 Å². The fourth-order valence-corrected chi connectivity index (χ4v) is 2.99. The maximum atomic E-state index is 12.6. The average molecular weight is 254 g/mol. The van der Waals surface area contributed by atoms with Gasteiger partial charge in [0.15, 0.2) is 0 Å². The molecule has 0 radical (unpaired) electrons. The van der Waals surface area contributed by atoms with Crippen molar-refractivity contribution in [1.29, 1.82) is 0 Å². The Balaban J connectivity index is 1.96. The first-order valence-corrected chi connectivity index (χ1v) is 7.42. The normalized spacial score (nSPS) is 25.9. The van der Waals surface area contributed by atoms with E-state index in [1.807, 2.05) is 0 Å². The Labute approximate surface area is 110 Å². The van der Waals surface area contributed by atoms with E-state index in [2.05, 4.69) is 17.1 Å². The smallest absolute Gasteiger partial charge is 0.226 e. The van der Waals surface area contributed by atoms with Crippen LogP contribution in [0.5, 0.6) is 0 Å². The number of ether oxygens (including phenoxy) is 1. The van der Waals surface area contributed by atoms with Crippen LogP contribution in [-0.4, -0.2) is 49.7 Å². The van der Waals surface area contributed by atoms with Gasteiger partial charge in [0.2, 0.25) is 5.91 Å². The van der Waals surface area contributed by atoms with Gasteiger partial charge in [-0.25, -0.2) is 0 Å². The largest absolute Gasteiger partial charge is 0.381 e. The Morgan fingerprint density at radius 1 is 1.33 bits per heavy atom. The molecule has 4 nitrogen and oxygen atoms in total. The van der Waals surface area contributed by atoms with Crippen molar-refractivity contribution < 1.29 is 9.53 Å². The third kappa shape index (κ3) is 3.45. The van der Waals surface area contributed by atoms with Gasteiger partial charge < -0.3 is 15.0 Å². The van der Waals surface area contributed by atoms with Crippen LogP contribution in [0, 0.1) is 5.92 Å². The van der Waals surface area contributed by atoms with Gasteiger partial charge in [0.05, 0.1) is 0 Å². The van der Waals surface area contributed by atoms with Gasteiger partial charge in [-0.05, 0) is 38.6 Å². The summed E-state index contributed by atoms with van der Waals surface area (Å²) in [6.45, 7) is 6.62. The second-order valence-electron chi connectivity index (χ2n) is 5.42. The number of rotatable bonds is 4. The number of nitrogens with one attached hydrogen (secondary N) is 1. The predicted octanol–water partition coefficient (Wildman–Crippen LogP) is 1.40. The summed E-state index contributed by atoms with van der Waals surface area (Å²) in [7, 11) is 0. The third-order valence-corrected chi connectivity index (χ3v) is 4.03. The monoisotopic (exact) mass is 254 g/mol. The summed E-state index contributed by atoms with van der Waals surface area (Å²) >= 11 is 0. The first kappa shape index (κ1) is 13.8. The van der Waals surface area contributed by atoms with Gasteiger partial charge in [-0.15, -0.1) is 0 Å². The average Bonchev–Trinajstić information content (AvgIpc) is 2.46. The molecule has 1 atom stereocenters. The van der Waals surface area contributed by atoms with Crippen molar-refractivity contribution >= 4 is 5.91 Å². The van der Waals surface area contributed by atoms with E-state index in [0.717, 1.165) is 58.5 Å². The number of nitrogens with zero attached hydrogens (tertiary/aromatic N) is 1. The molecule has 0 aliphatic carbocycles. The molecule has 1 N–H and O–H groups in total. The molecule has 0 aromatic rings. The van der Waals surface area contributed by atoms with Crippen molar-refractivity contribution in [2.24, 2.45) is 5.92 Å². The summed E-state index contributed by atoms with van der Waals surface area (Å²) in [6, 6.07) is 0.411. The fraction of sp³-hybridized carbons (Fsp3) is 0.929. The summed E-state index contributed by atoms with van der Waals surface area (Å²) in [6.07, 6.45) is 5.19. The molecule has 0 spiro atoms. The van der Waals surface area contributed by atoms with Gasteiger partial charge >= 0.3 is 0 Å². The molecule has 104 valence electrons. The number of hydrogen-bond acceptors (Lipinski definition) is 3. The van der Waals surface area contributed by atoms with Crippen LogP contribution < -0.4 is 5.32 Å². The Bertz CT molecular complexity index is 259. The molecule has 0 aromatic carbocycles. The highest BCUT2D eigenvalue weighted by molar-refractivity contribution is 5.79. The van der Waals surface area contributed by atoms with Crippen LogP contribution in [0.15, 0.2) is 0 Å². The van der Waals surface area contributed by atoms with E-state index >= 15 is 0 Å². The molecule has 0 aromatic heterocycles. The number of hydrogen-bond donors (Lipinski definition) is 1. The number of piperidine rings is 1. The lowest BCUT2D eigenvalue weighted by Gasteiger charge is -2.37. The minimum Gasteiger partial charge on any atom is -0.381 e. The maximum absolute atomic E-state index is 12.6. The zero-order chi connectivity index (χ0) is 12.8. The molecule has 1 unspecified atom stereocenters. The van der Waals surface area contributed by atoms with Gasteiger partial charge in [-0.3, -0.25) is 4.79 Å². The Morgan fingerprint density at radius 2 is 2.11 bits per heavy atom. The number of carbonyl (C=O) groups is 1. The molecule has 0 saturated carbocycles. The third-order valence-electron chi connectivity index (χ3n) is 4.03. The minimum atomic E-state index is 0.201. The molecule has 2 aliphatic rings. The quantitative estimate of drug-likeness (QED) is 0.824. The Morgan fingerprint density at radius 3 is 2.72 bits per heavy atom. The van der Waals surface area contributed by atoms with Crippen LogP contribution in [0.25, 0.3) is 0 Å². The summed E-state index contributed by atoms with van der Waals surface area (Å²) in [5, 5.41) is 3.41. The zero-order valence-corrected chi connectivity index (χ0v) is 11.5. The van der Waals surface area contributed by atoms with E-state index in [-0.39, 0.29) is 5.92 Å². The minimum absolute atomic E-state index is 0.201. The van der Waals surface area contributed by atoms with E-state index in [4.69, 9.17) is 4.74 Å². The SMILES string of the molecule is CCCN(C(=O)C1CCOCC1)C1CCCNC1. The number of carbonyl (C=O) groups excluding carboxylic acids is 1. The standard InChI is InChI=1S/C14H26N2O2/c1-2-8-16(13-4-3-7-15-11-13)14(17)12-5-9-18-10-6-12/h12-13,15H,2-11H2,1H3. The van der Waals surface area contributed by atoms with Crippen molar-refractivity contribution in [2.45, 2.75) is 45.1 Å². The van der Waals surface area contributed by atoms with Gasteiger partial charge in [0, 0.05) is 38.3 Å². The van der Waals surface area contributed by atoms with Crippen LogP contribution >= 0.6 is 0 Å². The van der Waals surface area contributed by atoms with Gasteiger partial charge in [-0.2, -0.15) is 0 Å². The highest BCUT2D eigenvalue weighted by Gasteiger charge is 2.30. The Hall–Kier alpha value is -0.610. The second kappa shape index (κ2) is 7.10. The van der Waals surface area contributed by atoms with Crippen molar-refractivity contribution in [3.63, 3.8) is 0 Å². The summed E-state index contributed by atoms with van der Waals surface area (Å²) in [4.78, 5) is 14.8. The van der Waals surface area contributed by atoms with Gasteiger partial charge in [0.1, 0.15) is 0 Å². The van der Waals surface area contributed by atoms with E-state index in [1.54, 1.807) is 0 Å². The number of amides is 1. The van der Waals surface area contributed by atoms with Crippen LogP contribution in [0.3, 0.4) is 0 Å². The highest BCUT2D eigenvalue weighted by atomic mass is 16.5. The first-order valence-electron chi connectivity index (χ1n) is 7.42. The molecule has 2 aliphatic heterocycles. The second-order valence-corrected chi connectivity index (χ2v) is 5.42. The summed E-state index contributed by atoms with van der Waals surface area (Å²) in [5.41, 5.74) is 0. The van der Waals surface area contributed by atoms with Crippen molar-refractivity contribution in [2.75, 3.05) is 32.8 Å². The molecule has 2 rings (SSSR count). The highest BCUT2D eigenvalue weighted by Crippen LogP contribution is 2.21. The van der Waals surface area contributed by atoms with Crippen LogP contribution in [-0.2, 0) is 9.53 Å². The lowest BCUT2D eigenvalue weighted by molar-refractivity contribution is -0.141. The zero-order valence-electron chi connectivity index (χ0n) is 11.5. The topological polar surface area (TPSA) is 41.6 Å². The summed E-state index contributed by atoms with van der Waals surface area (Å²) < 4.78 is 5.35. The first-order chi connectivity index (χ1) is 8.83.